The van der Waals surface area contributed by atoms with Crippen molar-refractivity contribution in [3.63, 3.8) is 0 Å². The molecule has 144 valence electrons. The summed E-state index contributed by atoms with van der Waals surface area (Å²) in [6, 6.07) is 2.15. The first kappa shape index (κ1) is 19.9. The first-order valence-corrected chi connectivity index (χ1v) is 6.93. The highest BCUT2D eigenvalue weighted by atomic mass is 19.2. The first-order chi connectivity index (χ1) is 12.7. The summed E-state index contributed by atoms with van der Waals surface area (Å²) in [4.78, 5) is 10.3. The van der Waals surface area contributed by atoms with Crippen LogP contribution >= 0.6 is 0 Å². The molecule has 0 saturated heterocycles. The van der Waals surface area contributed by atoms with Crippen LogP contribution < -0.4 is 14.9 Å². The summed E-state index contributed by atoms with van der Waals surface area (Å²) in [6.07, 6.45) is 0.748. The number of hydrazone groups is 1. The van der Waals surface area contributed by atoms with Gasteiger partial charge in [0.1, 0.15) is 5.69 Å². The Morgan fingerprint density at radius 3 is 1.93 bits per heavy atom. The van der Waals surface area contributed by atoms with Gasteiger partial charge in [-0.05, 0) is 6.07 Å². The second kappa shape index (κ2) is 7.85. The molecule has 0 spiro atoms. The first-order valence-electron chi connectivity index (χ1n) is 6.93. The minimum Gasteiger partial charge on any atom is -0.493 e. The van der Waals surface area contributed by atoms with Gasteiger partial charge < -0.3 is 9.47 Å². The number of hydrogen-bond acceptors (Lipinski definition) is 6. The van der Waals surface area contributed by atoms with Crippen LogP contribution in [-0.2, 0) is 0 Å². The van der Waals surface area contributed by atoms with Crippen LogP contribution in [0.15, 0.2) is 17.2 Å². The van der Waals surface area contributed by atoms with Gasteiger partial charge in [-0.1, -0.05) is 0 Å². The van der Waals surface area contributed by atoms with Gasteiger partial charge in [-0.2, -0.15) is 5.10 Å². The maximum atomic E-state index is 13.6. The van der Waals surface area contributed by atoms with Crippen LogP contribution in [0.1, 0.15) is 5.56 Å². The molecule has 0 bridgehead atoms. The number of halogens is 5. The van der Waals surface area contributed by atoms with E-state index in [1.54, 1.807) is 5.43 Å². The SMILES string of the molecule is COc1cc(/C=N/Nc2c(F)c(F)c(F)c(F)c2F)c([N+](=O)[O-])cc1OC. The smallest absolute Gasteiger partial charge is 0.282 e. The van der Waals surface area contributed by atoms with Crippen molar-refractivity contribution in [3.05, 3.63) is 56.9 Å². The molecule has 0 aliphatic carbocycles. The van der Waals surface area contributed by atoms with E-state index in [4.69, 9.17) is 9.47 Å². The van der Waals surface area contributed by atoms with Crippen molar-refractivity contribution in [2.45, 2.75) is 0 Å². The molecule has 0 unspecified atom stereocenters. The Kier molecular flexibility index (Phi) is 5.78. The molecule has 0 aliphatic rings. The number of ether oxygens (including phenoxy) is 2. The number of nitrogens with zero attached hydrogens (tertiary/aromatic N) is 2. The predicted octanol–water partition coefficient (Wildman–Crippen LogP) is 3.75. The number of anilines is 1. The topological polar surface area (TPSA) is 86.0 Å². The molecule has 0 atom stereocenters. The van der Waals surface area contributed by atoms with Crippen LogP contribution in [-0.4, -0.2) is 25.4 Å². The van der Waals surface area contributed by atoms with Gasteiger partial charge in [-0.3, -0.25) is 15.5 Å². The normalized spacial score (nSPS) is 10.9. The third kappa shape index (κ3) is 3.73. The maximum Gasteiger partial charge on any atom is 0.282 e. The fourth-order valence-electron chi connectivity index (χ4n) is 2.01. The van der Waals surface area contributed by atoms with E-state index in [-0.39, 0.29) is 17.1 Å². The highest BCUT2D eigenvalue weighted by Gasteiger charge is 2.25. The van der Waals surface area contributed by atoms with E-state index in [1.165, 1.54) is 14.2 Å². The van der Waals surface area contributed by atoms with E-state index in [1.807, 2.05) is 0 Å². The van der Waals surface area contributed by atoms with Gasteiger partial charge in [0.15, 0.2) is 34.8 Å². The Hall–Kier alpha value is -3.44. The quantitative estimate of drug-likeness (QED) is 0.202. The molecule has 0 saturated carbocycles. The van der Waals surface area contributed by atoms with Crippen molar-refractivity contribution < 1.29 is 36.3 Å². The minimum absolute atomic E-state index is 0.0362. The summed E-state index contributed by atoms with van der Waals surface area (Å²) in [5.41, 5.74) is -0.453. The minimum atomic E-state index is -2.32. The zero-order chi connectivity index (χ0) is 20.3. The summed E-state index contributed by atoms with van der Waals surface area (Å²) >= 11 is 0. The molecular weight excluding hydrogens is 381 g/mol. The van der Waals surface area contributed by atoms with Gasteiger partial charge in [0.25, 0.3) is 5.69 Å². The summed E-state index contributed by atoms with van der Waals surface area (Å²) in [6.45, 7) is 0. The van der Waals surface area contributed by atoms with Crippen LogP contribution in [0.25, 0.3) is 0 Å². The van der Waals surface area contributed by atoms with Crippen LogP contribution in [0, 0.1) is 39.2 Å². The lowest BCUT2D eigenvalue weighted by Crippen LogP contribution is -2.07. The molecule has 27 heavy (non-hydrogen) atoms. The average Bonchev–Trinajstić information content (AvgIpc) is 2.66. The lowest BCUT2D eigenvalue weighted by Gasteiger charge is -2.09. The average molecular weight is 391 g/mol. The van der Waals surface area contributed by atoms with Crippen molar-refractivity contribution in [3.8, 4) is 11.5 Å². The number of rotatable bonds is 6. The molecule has 2 rings (SSSR count). The molecule has 12 heteroatoms. The Morgan fingerprint density at radius 2 is 1.44 bits per heavy atom. The Labute approximate surface area is 148 Å². The molecule has 0 radical (unpaired) electrons. The van der Waals surface area contributed by atoms with E-state index in [0.29, 0.717) is 0 Å². The molecule has 1 N–H and O–H groups in total. The molecule has 0 amide bonds. The van der Waals surface area contributed by atoms with Crippen molar-refractivity contribution in [2.24, 2.45) is 5.10 Å². The zero-order valence-electron chi connectivity index (χ0n) is 13.6. The number of nitro benzene ring substituents is 1. The number of benzene rings is 2. The molecule has 2 aromatic carbocycles. The Morgan fingerprint density at radius 1 is 0.963 bits per heavy atom. The van der Waals surface area contributed by atoms with Crippen molar-refractivity contribution >= 4 is 17.6 Å². The van der Waals surface area contributed by atoms with E-state index in [2.05, 4.69) is 5.10 Å². The molecule has 0 heterocycles. The van der Waals surface area contributed by atoms with E-state index in [9.17, 15) is 32.1 Å². The van der Waals surface area contributed by atoms with Gasteiger partial charge in [-0.25, -0.2) is 22.0 Å². The third-order valence-electron chi connectivity index (χ3n) is 3.32. The molecule has 0 aliphatic heterocycles. The largest absolute Gasteiger partial charge is 0.493 e. The summed E-state index contributed by atoms with van der Waals surface area (Å²) in [5, 5.41) is 14.4. The lowest BCUT2D eigenvalue weighted by atomic mass is 10.1. The summed E-state index contributed by atoms with van der Waals surface area (Å²) in [5.74, 6) is -10.8. The lowest BCUT2D eigenvalue weighted by molar-refractivity contribution is -0.385. The van der Waals surface area contributed by atoms with Crippen LogP contribution in [0.5, 0.6) is 11.5 Å². The molecule has 7 nitrogen and oxygen atoms in total. The number of nitro groups is 1. The van der Waals surface area contributed by atoms with Crippen molar-refractivity contribution in [1.82, 2.24) is 0 Å². The number of nitrogens with one attached hydrogen (secondary N) is 1. The Balaban J connectivity index is 2.44. The van der Waals surface area contributed by atoms with Gasteiger partial charge in [0.2, 0.25) is 5.82 Å². The number of hydrogen-bond donors (Lipinski definition) is 1. The predicted molar refractivity (Wildman–Crippen MR) is 83.6 cm³/mol. The standard InChI is InChI=1S/C15H10F5N3O4/c1-26-8-3-6(7(23(24)25)4-9(8)27-2)5-21-22-15-13(19)11(17)10(16)12(18)14(15)20/h3-5,22H,1-2H3/b21-5+. The highest BCUT2D eigenvalue weighted by molar-refractivity contribution is 5.87. The Bertz CT molecular complexity index is 907. The molecular formula is C15H10F5N3O4. The fourth-order valence-corrected chi connectivity index (χ4v) is 2.01. The van der Waals surface area contributed by atoms with E-state index < -0.39 is 45.4 Å². The van der Waals surface area contributed by atoms with Crippen molar-refractivity contribution in [2.75, 3.05) is 19.6 Å². The van der Waals surface area contributed by atoms with E-state index in [0.717, 1.165) is 18.3 Å². The second-order valence-corrected chi connectivity index (χ2v) is 4.84. The van der Waals surface area contributed by atoms with Crippen molar-refractivity contribution in [1.29, 1.82) is 0 Å². The number of methoxy groups -OCH3 is 2. The fraction of sp³-hybridized carbons (Fsp3) is 0.133. The summed E-state index contributed by atoms with van der Waals surface area (Å²) < 4.78 is 76.2. The van der Waals surface area contributed by atoms with Gasteiger partial charge in [0.05, 0.1) is 37.0 Å². The molecule has 0 aromatic heterocycles. The summed E-state index contributed by atoms with van der Waals surface area (Å²) in [7, 11) is 2.51. The monoisotopic (exact) mass is 391 g/mol. The molecule has 2 aromatic rings. The van der Waals surface area contributed by atoms with Gasteiger partial charge in [-0.15, -0.1) is 0 Å². The van der Waals surface area contributed by atoms with Crippen LogP contribution in [0.4, 0.5) is 33.3 Å². The maximum absolute atomic E-state index is 13.6. The second-order valence-electron chi connectivity index (χ2n) is 4.84. The third-order valence-corrected chi connectivity index (χ3v) is 3.32. The van der Waals surface area contributed by atoms with E-state index >= 15 is 0 Å². The van der Waals surface area contributed by atoms with Gasteiger partial charge >= 0.3 is 0 Å². The van der Waals surface area contributed by atoms with Crippen LogP contribution in [0.3, 0.4) is 0 Å². The van der Waals surface area contributed by atoms with Crippen LogP contribution in [0.2, 0.25) is 0 Å². The van der Waals surface area contributed by atoms with Gasteiger partial charge in [0, 0.05) is 0 Å². The highest BCUT2D eigenvalue weighted by Crippen LogP contribution is 2.34. The molecule has 0 fully saturated rings. The zero-order valence-corrected chi connectivity index (χ0v) is 13.6.